The molecule has 0 aliphatic carbocycles. The van der Waals surface area contributed by atoms with E-state index in [2.05, 4.69) is 5.32 Å². The fraction of sp³-hybridized carbons (Fsp3) is 0.909. The molecule has 4 nitrogen and oxygen atoms in total. The molecule has 0 atom stereocenters. The normalized spacial score (nSPS) is 20.7. The fourth-order valence-electron chi connectivity index (χ4n) is 1.99. The Morgan fingerprint density at radius 3 is 2.39 bits per heavy atom. The number of rotatable bonds is 4. The van der Waals surface area contributed by atoms with Crippen molar-refractivity contribution in [3.8, 4) is 0 Å². The molecular formula is C11H19F3N2O2. The molecule has 0 aromatic rings. The zero-order valence-corrected chi connectivity index (χ0v) is 10.6. The van der Waals surface area contributed by atoms with Gasteiger partial charge in [-0.05, 0) is 26.8 Å². The van der Waals surface area contributed by atoms with E-state index in [1.165, 1.54) is 0 Å². The molecule has 7 heteroatoms. The van der Waals surface area contributed by atoms with Gasteiger partial charge in [0.2, 0.25) is 0 Å². The zero-order chi connectivity index (χ0) is 13.8. The van der Waals surface area contributed by atoms with Crippen LogP contribution in [0.4, 0.5) is 13.2 Å². The van der Waals surface area contributed by atoms with E-state index in [0.717, 1.165) is 0 Å². The Labute approximate surface area is 104 Å². The van der Waals surface area contributed by atoms with Crippen molar-refractivity contribution < 1.29 is 22.7 Å². The molecule has 1 heterocycles. The molecular weight excluding hydrogens is 249 g/mol. The molecule has 0 amide bonds. The largest absolute Gasteiger partial charge is 0.465 e. The minimum Gasteiger partial charge on any atom is -0.465 e. The second-order valence-corrected chi connectivity index (χ2v) is 4.57. The second kappa shape index (κ2) is 5.88. The number of ether oxygens (including phenoxy) is 1. The molecule has 0 aromatic heterocycles. The Morgan fingerprint density at radius 1 is 1.39 bits per heavy atom. The summed E-state index contributed by atoms with van der Waals surface area (Å²) >= 11 is 0. The lowest BCUT2D eigenvalue weighted by Crippen LogP contribution is -2.60. The van der Waals surface area contributed by atoms with Gasteiger partial charge >= 0.3 is 12.1 Å². The number of carbonyl (C=O) groups is 1. The van der Waals surface area contributed by atoms with Crippen molar-refractivity contribution in [1.82, 2.24) is 10.2 Å². The number of likely N-dealkylation sites (tertiary alicyclic amines) is 1. The van der Waals surface area contributed by atoms with Crippen molar-refractivity contribution in [2.45, 2.75) is 31.5 Å². The van der Waals surface area contributed by atoms with E-state index >= 15 is 0 Å². The summed E-state index contributed by atoms with van der Waals surface area (Å²) in [6.45, 7) is 1.79. The molecule has 0 radical (unpaired) electrons. The van der Waals surface area contributed by atoms with Crippen LogP contribution in [0, 0.1) is 0 Å². The van der Waals surface area contributed by atoms with E-state index in [4.69, 9.17) is 4.74 Å². The number of alkyl halides is 3. The van der Waals surface area contributed by atoms with Gasteiger partial charge in [0.05, 0.1) is 13.2 Å². The lowest BCUT2D eigenvalue weighted by molar-refractivity contribution is -0.158. The maximum absolute atomic E-state index is 12.3. The summed E-state index contributed by atoms with van der Waals surface area (Å²) in [6.07, 6.45) is -3.67. The number of nitrogens with one attached hydrogen (secondary N) is 1. The highest BCUT2D eigenvalue weighted by atomic mass is 19.4. The van der Waals surface area contributed by atoms with Crippen LogP contribution in [0.3, 0.4) is 0 Å². The molecule has 1 fully saturated rings. The lowest BCUT2D eigenvalue weighted by atomic mass is 9.87. The van der Waals surface area contributed by atoms with Gasteiger partial charge in [-0.2, -0.15) is 13.2 Å². The molecule has 1 aliphatic rings. The van der Waals surface area contributed by atoms with Gasteiger partial charge in [-0.25, -0.2) is 0 Å². The Morgan fingerprint density at radius 2 is 1.94 bits per heavy atom. The number of nitrogens with zero attached hydrogens (tertiary/aromatic N) is 1. The maximum atomic E-state index is 12.3. The monoisotopic (exact) mass is 268 g/mol. The number of esters is 1. The van der Waals surface area contributed by atoms with Gasteiger partial charge in [-0.3, -0.25) is 10.1 Å². The number of hydrogen-bond acceptors (Lipinski definition) is 4. The van der Waals surface area contributed by atoms with E-state index in [1.54, 1.807) is 6.92 Å². The first-order valence-corrected chi connectivity index (χ1v) is 5.96. The third-order valence-corrected chi connectivity index (χ3v) is 3.13. The summed E-state index contributed by atoms with van der Waals surface area (Å²) in [6, 6.07) is 0. The van der Waals surface area contributed by atoms with Crippen LogP contribution < -0.4 is 5.32 Å². The minimum absolute atomic E-state index is 0.171. The van der Waals surface area contributed by atoms with Gasteiger partial charge in [-0.15, -0.1) is 0 Å². The third kappa shape index (κ3) is 4.13. The predicted octanol–water partition coefficient (Wildman–Crippen LogP) is 1.17. The van der Waals surface area contributed by atoms with Gasteiger partial charge in [0.15, 0.2) is 0 Å². The van der Waals surface area contributed by atoms with Gasteiger partial charge in [0.25, 0.3) is 0 Å². The predicted molar refractivity (Wildman–Crippen MR) is 60.2 cm³/mol. The quantitative estimate of drug-likeness (QED) is 0.777. The first kappa shape index (κ1) is 15.2. The van der Waals surface area contributed by atoms with Crippen LogP contribution >= 0.6 is 0 Å². The highest BCUT2D eigenvalue weighted by molar-refractivity contribution is 5.81. The second-order valence-electron chi connectivity index (χ2n) is 4.57. The Hall–Kier alpha value is -0.820. The average Bonchev–Trinajstić information content (AvgIpc) is 2.28. The van der Waals surface area contributed by atoms with Gasteiger partial charge in [-0.1, -0.05) is 0 Å². The standard InChI is InChI=1S/C11H19F3N2O2/c1-3-18-9(17)10(15-8-11(12,13)14)4-6-16(2)7-5-10/h15H,3-8H2,1-2H3. The topological polar surface area (TPSA) is 41.6 Å². The Bertz CT molecular complexity index is 287. The molecule has 1 saturated heterocycles. The molecule has 1 rings (SSSR count). The molecule has 0 saturated carbocycles. The van der Waals surface area contributed by atoms with Crippen molar-refractivity contribution >= 4 is 5.97 Å². The summed E-state index contributed by atoms with van der Waals surface area (Å²) in [7, 11) is 1.87. The van der Waals surface area contributed by atoms with Crippen molar-refractivity contribution in [3.05, 3.63) is 0 Å². The highest BCUT2D eigenvalue weighted by Crippen LogP contribution is 2.25. The van der Waals surface area contributed by atoms with Gasteiger partial charge in [0, 0.05) is 13.1 Å². The van der Waals surface area contributed by atoms with Crippen LogP contribution in [0.2, 0.25) is 0 Å². The zero-order valence-electron chi connectivity index (χ0n) is 10.6. The SMILES string of the molecule is CCOC(=O)C1(NCC(F)(F)F)CCN(C)CC1. The van der Waals surface area contributed by atoms with Crippen molar-refractivity contribution in [3.63, 3.8) is 0 Å². The number of hydrogen-bond donors (Lipinski definition) is 1. The lowest BCUT2D eigenvalue weighted by Gasteiger charge is -2.39. The van der Waals surface area contributed by atoms with Crippen LogP contribution in [0.5, 0.6) is 0 Å². The smallest absolute Gasteiger partial charge is 0.401 e. The molecule has 18 heavy (non-hydrogen) atoms. The molecule has 0 unspecified atom stereocenters. The minimum atomic E-state index is -4.33. The van der Waals surface area contributed by atoms with Crippen LogP contribution in [0.15, 0.2) is 0 Å². The molecule has 0 aromatic carbocycles. The summed E-state index contributed by atoms with van der Waals surface area (Å²) < 4.78 is 41.7. The van der Waals surface area contributed by atoms with Crippen LogP contribution in [0.25, 0.3) is 0 Å². The summed E-state index contributed by atoms with van der Waals surface area (Å²) in [4.78, 5) is 13.9. The van der Waals surface area contributed by atoms with E-state index < -0.39 is 24.2 Å². The van der Waals surface area contributed by atoms with E-state index in [0.29, 0.717) is 25.9 Å². The Kier molecular flexibility index (Phi) is 4.98. The first-order chi connectivity index (χ1) is 8.29. The molecule has 0 spiro atoms. The number of piperidine rings is 1. The highest BCUT2D eigenvalue weighted by Gasteiger charge is 2.44. The maximum Gasteiger partial charge on any atom is 0.401 e. The number of halogens is 3. The summed E-state index contributed by atoms with van der Waals surface area (Å²) in [5.74, 6) is -0.581. The average molecular weight is 268 g/mol. The summed E-state index contributed by atoms with van der Waals surface area (Å²) in [5.41, 5.74) is -1.20. The molecule has 106 valence electrons. The fourth-order valence-corrected chi connectivity index (χ4v) is 1.99. The van der Waals surface area contributed by atoms with E-state index in [9.17, 15) is 18.0 Å². The molecule has 1 aliphatic heterocycles. The van der Waals surface area contributed by atoms with Gasteiger partial charge < -0.3 is 9.64 Å². The van der Waals surface area contributed by atoms with Crippen molar-refractivity contribution in [2.75, 3.05) is 33.3 Å². The van der Waals surface area contributed by atoms with Crippen molar-refractivity contribution in [2.24, 2.45) is 0 Å². The van der Waals surface area contributed by atoms with Crippen LogP contribution in [0.1, 0.15) is 19.8 Å². The van der Waals surface area contributed by atoms with E-state index in [-0.39, 0.29) is 6.61 Å². The molecule has 1 N–H and O–H groups in total. The van der Waals surface area contributed by atoms with Crippen LogP contribution in [-0.2, 0) is 9.53 Å². The van der Waals surface area contributed by atoms with Crippen molar-refractivity contribution in [1.29, 1.82) is 0 Å². The summed E-state index contributed by atoms with van der Waals surface area (Å²) in [5, 5.41) is 2.35. The molecule has 0 bridgehead atoms. The Balaban J connectivity index is 2.71. The van der Waals surface area contributed by atoms with Gasteiger partial charge in [0.1, 0.15) is 5.54 Å². The first-order valence-electron chi connectivity index (χ1n) is 5.96. The third-order valence-electron chi connectivity index (χ3n) is 3.13. The van der Waals surface area contributed by atoms with E-state index in [1.807, 2.05) is 11.9 Å². The number of carbonyl (C=O) groups excluding carboxylic acids is 1. The van der Waals surface area contributed by atoms with Crippen LogP contribution in [-0.4, -0.2) is 55.9 Å².